The zero-order chi connectivity index (χ0) is 11.7. The van der Waals surface area contributed by atoms with Gasteiger partial charge in [-0.2, -0.15) is 0 Å². The monoisotopic (exact) mass is 221 g/mol. The fraction of sp³-hybridized carbons (Fsp3) is 0.417. The Morgan fingerprint density at radius 1 is 1.50 bits per heavy atom. The van der Waals surface area contributed by atoms with Crippen molar-refractivity contribution in [2.24, 2.45) is 5.73 Å². The molecule has 4 nitrogen and oxygen atoms in total. The molecule has 0 aliphatic heterocycles. The first-order valence-electron chi connectivity index (χ1n) is 5.39. The summed E-state index contributed by atoms with van der Waals surface area (Å²) < 4.78 is 5.34. The fourth-order valence-corrected chi connectivity index (χ4v) is 2.13. The summed E-state index contributed by atoms with van der Waals surface area (Å²) in [6.07, 6.45) is 1.55. The molecule has 16 heavy (non-hydrogen) atoms. The molecule has 0 saturated carbocycles. The molecule has 0 heterocycles. The van der Waals surface area contributed by atoms with Crippen molar-refractivity contribution < 1.29 is 14.6 Å². The molecule has 86 valence electrons. The average molecular weight is 221 g/mol. The van der Waals surface area contributed by atoms with Gasteiger partial charge in [0.2, 0.25) is 0 Å². The molecule has 0 spiro atoms. The van der Waals surface area contributed by atoms with Crippen LogP contribution < -0.4 is 10.5 Å². The zero-order valence-electron chi connectivity index (χ0n) is 9.19. The molecule has 1 aromatic carbocycles. The topological polar surface area (TPSA) is 72.5 Å². The van der Waals surface area contributed by atoms with Crippen LogP contribution in [0.3, 0.4) is 0 Å². The summed E-state index contributed by atoms with van der Waals surface area (Å²) in [5.41, 5.74) is 8.23. The van der Waals surface area contributed by atoms with Gasteiger partial charge in [-0.15, -0.1) is 0 Å². The quantitative estimate of drug-likeness (QED) is 0.804. The van der Waals surface area contributed by atoms with Gasteiger partial charge in [0.25, 0.3) is 0 Å². The molecule has 1 unspecified atom stereocenters. The van der Waals surface area contributed by atoms with Crippen molar-refractivity contribution in [2.45, 2.75) is 25.8 Å². The lowest BCUT2D eigenvalue weighted by molar-refractivity contribution is 0.0692. The smallest absolute Gasteiger partial charge is 0.339 e. The Morgan fingerprint density at radius 2 is 2.12 bits per heavy atom. The van der Waals surface area contributed by atoms with Crippen LogP contribution in [0.25, 0.3) is 0 Å². The van der Waals surface area contributed by atoms with E-state index in [0.29, 0.717) is 12.4 Å². The molecule has 1 aromatic rings. The Morgan fingerprint density at radius 3 is 2.69 bits per heavy atom. The number of ether oxygens (including phenoxy) is 1. The highest BCUT2D eigenvalue weighted by Crippen LogP contribution is 2.29. The minimum absolute atomic E-state index is 0.105. The number of carboxylic acid groups (broad SMARTS) is 1. The molecule has 0 amide bonds. The number of carboxylic acids is 1. The minimum Gasteiger partial charge on any atom is -0.493 e. The summed E-state index contributed by atoms with van der Waals surface area (Å²) in [5, 5.41) is 9.08. The number of carbonyl (C=O) groups is 1. The Bertz CT molecular complexity index is 429. The summed E-state index contributed by atoms with van der Waals surface area (Å²) in [4.78, 5) is 11.1. The first-order valence-corrected chi connectivity index (χ1v) is 5.39. The van der Waals surface area contributed by atoms with Gasteiger partial charge in [-0.3, -0.25) is 0 Å². The lowest BCUT2D eigenvalue weighted by Gasteiger charge is -2.09. The highest BCUT2D eigenvalue weighted by atomic mass is 16.5. The van der Waals surface area contributed by atoms with Gasteiger partial charge in [-0.1, -0.05) is 0 Å². The second kappa shape index (κ2) is 4.14. The van der Waals surface area contributed by atoms with E-state index in [-0.39, 0.29) is 11.6 Å². The van der Waals surface area contributed by atoms with Crippen molar-refractivity contribution in [3.05, 3.63) is 28.8 Å². The lowest BCUT2D eigenvalue weighted by Crippen LogP contribution is -2.19. The standard InChI is InChI=1S/C12H15NO3/c1-2-16-11-6-8-4-9(13)3-7(8)5-10(11)12(14)15/h5-6,9H,2-4,13H2,1H3,(H,14,15). The second-order valence-electron chi connectivity index (χ2n) is 4.02. The number of fused-ring (bicyclic) bond motifs is 1. The molecule has 0 radical (unpaired) electrons. The Kier molecular flexibility index (Phi) is 2.83. The Balaban J connectivity index is 2.45. The largest absolute Gasteiger partial charge is 0.493 e. The Labute approximate surface area is 94.0 Å². The number of nitrogens with two attached hydrogens (primary N) is 1. The number of benzene rings is 1. The van der Waals surface area contributed by atoms with Gasteiger partial charge in [0.1, 0.15) is 11.3 Å². The van der Waals surface area contributed by atoms with Crippen LogP contribution >= 0.6 is 0 Å². The summed E-state index contributed by atoms with van der Waals surface area (Å²) in [7, 11) is 0. The van der Waals surface area contributed by atoms with Crippen molar-refractivity contribution >= 4 is 5.97 Å². The van der Waals surface area contributed by atoms with Crippen molar-refractivity contribution in [1.29, 1.82) is 0 Å². The first-order chi connectivity index (χ1) is 7.61. The molecule has 0 bridgehead atoms. The van der Waals surface area contributed by atoms with Crippen LogP contribution in [-0.2, 0) is 12.8 Å². The number of hydrogen-bond acceptors (Lipinski definition) is 3. The van der Waals surface area contributed by atoms with E-state index in [4.69, 9.17) is 15.6 Å². The van der Waals surface area contributed by atoms with E-state index in [1.165, 1.54) is 0 Å². The average Bonchev–Trinajstić information content (AvgIpc) is 2.56. The van der Waals surface area contributed by atoms with Gasteiger partial charge in [0.05, 0.1) is 6.61 Å². The van der Waals surface area contributed by atoms with Gasteiger partial charge in [0, 0.05) is 6.04 Å². The maximum Gasteiger partial charge on any atom is 0.339 e. The highest BCUT2D eigenvalue weighted by Gasteiger charge is 2.22. The third kappa shape index (κ3) is 1.88. The summed E-state index contributed by atoms with van der Waals surface area (Å²) >= 11 is 0. The van der Waals surface area contributed by atoms with Crippen LogP contribution in [0, 0.1) is 0 Å². The molecule has 4 heteroatoms. The molecule has 0 aromatic heterocycles. The zero-order valence-corrected chi connectivity index (χ0v) is 9.19. The minimum atomic E-state index is -0.952. The van der Waals surface area contributed by atoms with Crippen LogP contribution in [0.5, 0.6) is 5.75 Å². The molecule has 2 rings (SSSR count). The number of hydrogen-bond donors (Lipinski definition) is 2. The molecule has 0 fully saturated rings. The van der Waals surface area contributed by atoms with Crippen LogP contribution in [0.2, 0.25) is 0 Å². The predicted octanol–water partition coefficient (Wildman–Crippen LogP) is 1.21. The van der Waals surface area contributed by atoms with Gasteiger partial charge in [-0.05, 0) is 43.0 Å². The summed E-state index contributed by atoms with van der Waals surface area (Å²) in [6, 6.07) is 3.61. The maximum absolute atomic E-state index is 11.1. The van der Waals surface area contributed by atoms with Crippen LogP contribution in [0.15, 0.2) is 12.1 Å². The van der Waals surface area contributed by atoms with E-state index in [0.717, 1.165) is 24.0 Å². The number of rotatable bonds is 3. The van der Waals surface area contributed by atoms with Crippen molar-refractivity contribution in [3.8, 4) is 5.75 Å². The third-order valence-electron chi connectivity index (χ3n) is 2.80. The lowest BCUT2D eigenvalue weighted by atomic mass is 10.1. The second-order valence-corrected chi connectivity index (χ2v) is 4.02. The summed E-state index contributed by atoms with van der Waals surface area (Å²) in [6.45, 7) is 2.30. The molecular weight excluding hydrogens is 206 g/mol. The SMILES string of the molecule is CCOc1cc2c(cc1C(=O)O)CC(N)C2. The van der Waals surface area contributed by atoms with Crippen LogP contribution in [-0.4, -0.2) is 23.7 Å². The fourth-order valence-electron chi connectivity index (χ4n) is 2.13. The van der Waals surface area contributed by atoms with E-state index in [1.54, 1.807) is 6.07 Å². The molecule has 0 saturated heterocycles. The van der Waals surface area contributed by atoms with Crippen molar-refractivity contribution in [2.75, 3.05) is 6.61 Å². The van der Waals surface area contributed by atoms with Crippen LogP contribution in [0.4, 0.5) is 0 Å². The molecule has 1 aliphatic rings. The predicted molar refractivity (Wildman–Crippen MR) is 60.0 cm³/mol. The van der Waals surface area contributed by atoms with Gasteiger partial charge in [0.15, 0.2) is 0 Å². The molecule has 3 N–H and O–H groups in total. The van der Waals surface area contributed by atoms with Crippen LogP contribution in [0.1, 0.15) is 28.4 Å². The Hall–Kier alpha value is -1.55. The number of aromatic carboxylic acids is 1. The summed E-state index contributed by atoms with van der Waals surface area (Å²) in [5.74, 6) is -0.505. The van der Waals surface area contributed by atoms with E-state index >= 15 is 0 Å². The van der Waals surface area contributed by atoms with Crippen molar-refractivity contribution in [3.63, 3.8) is 0 Å². The third-order valence-corrected chi connectivity index (χ3v) is 2.80. The highest BCUT2D eigenvalue weighted by molar-refractivity contribution is 5.91. The molecule has 1 atom stereocenters. The first kappa shape index (κ1) is 11.0. The van der Waals surface area contributed by atoms with E-state index in [9.17, 15) is 4.79 Å². The maximum atomic E-state index is 11.1. The normalized spacial score (nSPS) is 18.2. The molecule has 1 aliphatic carbocycles. The van der Waals surface area contributed by atoms with E-state index in [1.807, 2.05) is 13.0 Å². The molecular formula is C12H15NO3. The van der Waals surface area contributed by atoms with Gasteiger partial charge in [-0.25, -0.2) is 4.79 Å². The van der Waals surface area contributed by atoms with Gasteiger partial charge >= 0.3 is 5.97 Å². The van der Waals surface area contributed by atoms with Crippen molar-refractivity contribution in [1.82, 2.24) is 0 Å². The van der Waals surface area contributed by atoms with Gasteiger partial charge < -0.3 is 15.6 Å². The van der Waals surface area contributed by atoms with E-state index < -0.39 is 5.97 Å². The van der Waals surface area contributed by atoms with E-state index in [2.05, 4.69) is 0 Å².